The third kappa shape index (κ3) is 10.2. The second-order valence-corrected chi connectivity index (χ2v) is 4.03. The molecule has 6 heteroatoms. The number of carboxylic acids is 3. The molecule has 0 aliphatic heterocycles. The minimum Gasteiger partial charge on any atom is -0.481 e. The summed E-state index contributed by atoms with van der Waals surface area (Å²) in [6.07, 6.45) is 0.641. The molecule has 0 rings (SSSR count). The van der Waals surface area contributed by atoms with E-state index in [0.29, 0.717) is 6.08 Å². The number of hydrogen-bond donors (Lipinski definition) is 3. The van der Waals surface area contributed by atoms with Gasteiger partial charge in [0.1, 0.15) is 0 Å². The maximum atomic E-state index is 10.0. The number of hydrogen-bond acceptors (Lipinski definition) is 3. The highest BCUT2D eigenvalue weighted by Crippen LogP contribution is 2.11. The van der Waals surface area contributed by atoms with E-state index in [1.54, 1.807) is 20.8 Å². The Balaban J connectivity index is 0. The van der Waals surface area contributed by atoms with Crippen LogP contribution in [0.2, 0.25) is 0 Å². The highest BCUT2D eigenvalue weighted by Gasteiger charge is 2.18. The fourth-order valence-corrected chi connectivity index (χ4v) is 0.247. The Bertz CT molecular complexity index is 308. The van der Waals surface area contributed by atoms with E-state index in [4.69, 9.17) is 15.3 Å². The summed E-state index contributed by atoms with van der Waals surface area (Å²) < 4.78 is 0. The summed E-state index contributed by atoms with van der Waals surface area (Å²) >= 11 is 0. The van der Waals surface area contributed by atoms with E-state index >= 15 is 0 Å². The molecule has 0 aromatic carbocycles. The Labute approximate surface area is 93.2 Å². The van der Waals surface area contributed by atoms with E-state index in [1.165, 1.54) is 6.92 Å². The van der Waals surface area contributed by atoms with E-state index in [1.807, 2.05) is 0 Å². The van der Waals surface area contributed by atoms with E-state index in [9.17, 15) is 14.4 Å². The number of rotatable bonds is 2. The predicted molar refractivity (Wildman–Crippen MR) is 56.1 cm³/mol. The SMILES string of the molecule is C/C(=C\C(=O)O)C(=O)O.CC(C)(C)C(=O)O. The second kappa shape index (κ2) is 6.60. The molecule has 0 aliphatic carbocycles. The molecule has 3 N–H and O–H groups in total. The van der Waals surface area contributed by atoms with Gasteiger partial charge >= 0.3 is 17.9 Å². The van der Waals surface area contributed by atoms with Gasteiger partial charge in [-0.3, -0.25) is 4.79 Å². The number of carboxylic acid groups (broad SMARTS) is 3. The van der Waals surface area contributed by atoms with Crippen LogP contribution in [0.1, 0.15) is 27.7 Å². The van der Waals surface area contributed by atoms with Crippen molar-refractivity contribution < 1.29 is 29.7 Å². The zero-order chi connectivity index (χ0) is 13.5. The molecule has 0 saturated heterocycles. The molecule has 6 nitrogen and oxygen atoms in total. The molecular weight excluding hydrogens is 216 g/mol. The monoisotopic (exact) mass is 232 g/mol. The van der Waals surface area contributed by atoms with Gasteiger partial charge in [-0.05, 0) is 27.7 Å². The standard InChI is InChI=1S/C5H6O4.C5H10O2/c1-3(5(8)9)2-4(6)7;1-5(2,3)4(6)7/h2H,1H3,(H,6,7)(H,8,9);1-3H3,(H,6,7)/b3-2+;. The quantitative estimate of drug-likeness (QED) is 0.617. The van der Waals surface area contributed by atoms with Gasteiger partial charge in [-0.1, -0.05) is 0 Å². The van der Waals surface area contributed by atoms with Crippen LogP contribution >= 0.6 is 0 Å². The van der Waals surface area contributed by atoms with Gasteiger partial charge in [-0.2, -0.15) is 0 Å². The van der Waals surface area contributed by atoms with Crippen molar-refractivity contribution in [2.75, 3.05) is 0 Å². The van der Waals surface area contributed by atoms with Crippen molar-refractivity contribution in [3.63, 3.8) is 0 Å². The lowest BCUT2D eigenvalue weighted by Crippen LogP contribution is -2.18. The zero-order valence-corrected chi connectivity index (χ0v) is 9.64. The third-order valence-corrected chi connectivity index (χ3v) is 1.32. The molecular formula is C10H16O6. The molecule has 0 aromatic heterocycles. The smallest absolute Gasteiger partial charge is 0.331 e. The molecule has 0 unspecified atom stereocenters. The molecule has 0 amide bonds. The van der Waals surface area contributed by atoms with Crippen LogP contribution in [0.5, 0.6) is 0 Å². The molecule has 0 aromatic rings. The fourth-order valence-electron chi connectivity index (χ4n) is 0.247. The molecule has 16 heavy (non-hydrogen) atoms. The number of aliphatic carboxylic acids is 3. The minimum absolute atomic E-state index is 0.178. The average molecular weight is 232 g/mol. The van der Waals surface area contributed by atoms with E-state index in [2.05, 4.69) is 0 Å². The predicted octanol–water partition coefficient (Wildman–Crippen LogP) is 1.22. The van der Waals surface area contributed by atoms with Gasteiger partial charge in [0.2, 0.25) is 0 Å². The topological polar surface area (TPSA) is 112 Å². The van der Waals surface area contributed by atoms with Crippen molar-refractivity contribution >= 4 is 17.9 Å². The van der Waals surface area contributed by atoms with Crippen molar-refractivity contribution in [1.82, 2.24) is 0 Å². The van der Waals surface area contributed by atoms with Gasteiger partial charge in [0.05, 0.1) is 5.41 Å². The molecule has 0 spiro atoms. The van der Waals surface area contributed by atoms with Crippen LogP contribution in [-0.2, 0) is 14.4 Å². The van der Waals surface area contributed by atoms with E-state index in [-0.39, 0.29) is 5.57 Å². The fraction of sp³-hybridized carbons (Fsp3) is 0.500. The Hall–Kier alpha value is -1.85. The maximum absolute atomic E-state index is 10.0. The Kier molecular flexibility index (Phi) is 6.84. The van der Waals surface area contributed by atoms with Crippen molar-refractivity contribution in [1.29, 1.82) is 0 Å². The van der Waals surface area contributed by atoms with Crippen molar-refractivity contribution in [2.45, 2.75) is 27.7 Å². The summed E-state index contributed by atoms with van der Waals surface area (Å²) in [4.78, 5) is 29.7. The minimum atomic E-state index is -1.24. The molecule has 0 radical (unpaired) electrons. The van der Waals surface area contributed by atoms with Gasteiger partial charge in [-0.15, -0.1) is 0 Å². The highest BCUT2D eigenvalue weighted by molar-refractivity contribution is 5.93. The second-order valence-electron chi connectivity index (χ2n) is 4.03. The van der Waals surface area contributed by atoms with Crippen LogP contribution in [0, 0.1) is 5.41 Å². The first-order valence-electron chi connectivity index (χ1n) is 4.36. The lowest BCUT2D eigenvalue weighted by molar-refractivity contribution is -0.145. The maximum Gasteiger partial charge on any atom is 0.331 e. The third-order valence-electron chi connectivity index (χ3n) is 1.32. The lowest BCUT2D eigenvalue weighted by atomic mass is 9.98. The van der Waals surface area contributed by atoms with Crippen molar-refractivity contribution in [3.05, 3.63) is 11.6 Å². The summed E-state index contributed by atoms with van der Waals surface area (Å²) in [6.45, 7) is 6.20. The molecule has 0 bridgehead atoms. The van der Waals surface area contributed by atoms with Crippen molar-refractivity contribution in [3.8, 4) is 0 Å². The summed E-state index contributed by atoms with van der Waals surface area (Å²) in [5.74, 6) is -3.21. The largest absolute Gasteiger partial charge is 0.481 e. The molecule has 0 aliphatic rings. The van der Waals surface area contributed by atoms with Crippen LogP contribution in [0.15, 0.2) is 11.6 Å². The Morgan fingerprint density at radius 1 is 1.00 bits per heavy atom. The van der Waals surface area contributed by atoms with Gasteiger partial charge in [-0.25, -0.2) is 9.59 Å². The first-order chi connectivity index (χ1) is 6.98. The first-order valence-corrected chi connectivity index (χ1v) is 4.36. The van der Waals surface area contributed by atoms with Crippen LogP contribution in [0.25, 0.3) is 0 Å². The van der Waals surface area contributed by atoms with E-state index < -0.39 is 23.3 Å². The van der Waals surface area contributed by atoms with Gasteiger partial charge in [0.15, 0.2) is 0 Å². The molecule has 92 valence electrons. The average Bonchev–Trinajstić information content (AvgIpc) is 2.01. The molecule has 0 atom stereocenters. The summed E-state index contributed by atoms with van der Waals surface area (Å²) in [6, 6.07) is 0. The molecule has 0 heterocycles. The van der Waals surface area contributed by atoms with Gasteiger partial charge in [0, 0.05) is 11.6 Å². The van der Waals surface area contributed by atoms with Crippen LogP contribution in [0.3, 0.4) is 0 Å². The van der Waals surface area contributed by atoms with Crippen LogP contribution in [-0.4, -0.2) is 33.2 Å². The summed E-state index contributed by atoms with van der Waals surface area (Å²) in [7, 11) is 0. The summed E-state index contributed by atoms with van der Waals surface area (Å²) in [5.41, 5.74) is -0.762. The first kappa shape index (κ1) is 16.6. The Morgan fingerprint density at radius 3 is 1.38 bits per heavy atom. The van der Waals surface area contributed by atoms with Gasteiger partial charge < -0.3 is 15.3 Å². The zero-order valence-electron chi connectivity index (χ0n) is 9.64. The molecule has 0 saturated carbocycles. The normalized spacial score (nSPS) is 11.1. The number of carbonyl (C=O) groups is 3. The highest BCUT2D eigenvalue weighted by atomic mass is 16.4. The van der Waals surface area contributed by atoms with Crippen LogP contribution in [0.4, 0.5) is 0 Å². The van der Waals surface area contributed by atoms with E-state index in [0.717, 1.165) is 0 Å². The van der Waals surface area contributed by atoms with Gasteiger partial charge in [0.25, 0.3) is 0 Å². The Morgan fingerprint density at radius 2 is 1.31 bits per heavy atom. The van der Waals surface area contributed by atoms with Crippen molar-refractivity contribution in [2.24, 2.45) is 5.41 Å². The summed E-state index contributed by atoms with van der Waals surface area (Å²) in [5, 5.41) is 24.3. The molecule has 0 fully saturated rings. The lowest BCUT2D eigenvalue weighted by Gasteiger charge is -2.08. The van der Waals surface area contributed by atoms with Crippen LogP contribution < -0.4 is 0 Å².